The lowest BCUT2D eigenvalue weighted by Crippen LogP contribution is -2.14. The number of alkyl halides is 3. The van der Waals surface area contributed by atoms with Crippen LogP contribution in [0, 0.1) is 6.92 Å². The van der Waals surface area contributed by atoms with Crippen LogP contribution < -0.4 is 5.73 Å². The summed E-state index contributed by atoms with van der Waals surface area (Å²) >= 11 is 2.96. The Balaban J connectivity index is 2.36. The van der Waals surface area contributed by atoms with E-state index < -0.39 is 17.6 Å². The van der Waals surface area contributed by atoms with Crippen molar-refractivity contribution in [3.63, 3.8) is 0 Å². The fourth-order valence-corrected chi connectivity index (χ4v) is 4.07. The average Bonchev–Trinajstić information content (AvgIpc) is 2.48. The molecule has 0 spiro atoms. The number of amides is 1. The minimum Gasteiger partial charge on any atom is -0.369 e. The first-order valence-electron chi connectivity index (χ1n) is 7.60. The number of nitrogens with two attached hydrogens (primary N) is 1. The molecule has 2 aromatic carbocycles. The van der Waals surface area contributed by atoms with Crippen LogP contribution in [0.4, 0.5) is 13.2 Å². The third kappa shape index (κ3) is 5.71. The minimum absolute atomic E-state index is 0.220. The number of hydrogen-bond acceptors (Lipinski definition) is 3. The monoisotopic (exact) mass is 385 g/mol. The normalized spacial score (nSPS) is 11.6. The van der Waals surface area contributed by atoms with Gasteiger partial charge in [-0.15, -0.1) is 11.8 Å². The molecule has 0 aliphatic carbocycles. The van der Waals surface area contributed by atoms with Crippen molar-refractivity contribution in [1.29, 1.82) is 0 Å². The number of aryl methyl sites for hydroxylation is 1. The van der Waals surface area contributed by atoms with Gasteiger partial charge in [0.15, 0.2) is 0 Å². The first-order chi connectivity index (χ1) is 11.7. The minimum atomic E-state index is -4.47. The fourth-order valence-electron chi connectivity index (χ4n) is 2.31. The molecular formula is C18H18F3NOS2. The van der Waals surface area contributed by atoms with Crippen molar-refractivity contribution in [2.45, 2.75) is 41.1 Å². The van der Waals surface area contributed by atoms with Crippen LogP contribution in [0.25, 0.3) is 0 Å². The van der Waals surface area contributed by atoms with E-state index >= 15 is 0 Å². The van der Waals surface area contributed by atoms with Crippen molar-refractivity contribution < 1.29 is 18.0 Å². The number of thioether (sulfide) groups is 1. The molecule has 0 heterocycles. The summed E-state index contributed by atoms with van der Waals surface area (Å²) < 4.78 is 39.3. The summed E-state index contributed by atoms with van der Waals surface area (Å²) in [6.45, 7) is 3.99. The van der Waals surface area contributed by atoms with E-state index in [1.54, 1.807) is 17.8 Å². The summed E-state index contributed by atoms with van der Waals surface area (Å²) in [6.07, 6.45) is -4.69. The van der Waals surface area contributed by atoms with E-state index in [4.69, 9.17) is 5.73 Å². The summed E-state index contributed by atoms with van der Waals surface area (Å²) in [4.78, 5) is 13.5. The summed E-state index contributed by atoms with van der Waals surface area (Å²) in [5, 5.41) is 0. The van der Waals surface area contributed by atoms with Gasteiger partial charge in [0, 0.05) is 14.7 Å². The van der Waals surface area contributed by atoms with E-state index in [1.165, 1.54) is 11.8 Å². The van der Waals surface area contributed by atoms with Gasteiger partial charge in [-0.05, 0) is 60.2 Å². The maximum atomic E-state index is 13.1. The molecule has 0 saturated carbocycles. The molecule has 2 rings (SSSR count). The van der Waals surface area contributed by atoms with E-state index in [1.807, 2.05) is 25.1 Å². The molecule has 1 amide bonds. The predicted octanol–water partition coefficient (Wildman–Crippen LogP) is 5.30. The smallest absolute Gasteiger partial charge is 0.369 e. The SMILES string of the molecule is CCSc1ccc(Sc2cc(CC(N)=O)cc(C(F)(F)F)c2)c(C)c1. The topological polar surface area (TPSA) is 43.1 Å². The van der Waals surface area contributed by atoms with Gasteiger partial charge in [-0.3, -0.25) is 4.79 Å². The van der Waals surface area contributed by atoms with Gasteiger partial charge in [0.1, 0.15) is 0 Å². The summed E-state index contributed by atoms with van der Waals surface area (Å²) in [5.41, 5.74) is 5.61. The Morgan fingerprint density at radius 3 is 2.40 bits per heavy atom. The molecule has 0 radical (unpaired) electrons. The van der Waals surface area contributed by atoms with Gasteiger partial charge in [-0.2, -0.15) is 13.2 Å². The lowest BCUT2D eigenvalue weighted by Gasteiger charge is -2.13. The number of halogens is 3. The van der Waals surface area contributed by atoms with Crippen molar-refractivity contribution in [3.05, 3.63) is 53.1 Å². The third-order valence-corrected chi connectivity index (χ3v) is 5.38. The molecular weight excluding hydrogens is 367 g/mol. The number of rotatable bonds is 6. The number of carbonyl (C=O) groups excluding carboxylic acids is 1. The molecule has 0 aliphatic rings. The largest absolute Gasteiger partial charge is 0.416 e. The second kappa shape index (κ2) is 8.19. The third-order valence-electron chi connectivity index (χ3n) is 3.36. The van der Waals surface area contributed by atoms with Crippen molar-refractivity contribution in [2.75, 3.05) is 5.75 Å². The first kappa shape index (κ1) is 19.7. The number of primary amides is 1. The van der Waals surface area contributed by atoms with Gasteiger partial charge in [0.2, 0.25) is 5.91 Å². The molecule has 7 heteroatoms. The van der Waals surface area contributed by atoms with Gasteiger partial charge in [-0.1, -0.05) is 18.7 Å². The Kier molecular flexibility index (Phi) is 6.46. The molecule has 2 nitrogen and oxygen atoms in total. The van der Waals surface area contributed by atoms with Crippen LogP contribution in [-0.2, 0) is 17.4 Å². The van der Waals surface area contributed by atoms with Crippen LogP contribution >= 0.6 is 23.5 Å². The van der Waals surface area contributed by atoms with Crippen molar-refractivity contribution in [3.8, 4) is 0 Å². The van der Waals surface area contributed by atoms with Crippen LogP contribution in [0.2, 0.25) is 0 Å². The second-order valence-electron chi connectivity index (χ2n) is 5.47. The first-order valence-corrected chi connectivity index (χ1v) is 9.40. The highest BCUT2D eigenvalue weighted by Gasteiger charge is 2.31. The van der Waals surface area contributed by atoms with Gasteiger partial charge >= 0.3 is 6.18 Å². The average molecular weight is 385 g/mol. The molecule has 0 fully saturated rings. The lowest BCUT2D eigenvalue weighted by molar-refractivity contribution is -0.137. The number of benzene rings is 2. The molecule has 0 unspecified atom stereocenters. The van der Waals surface area contributed by atoms with Crippen LogP contribution in [0.1, 0.15) is 23.6 Å². The molecule has 25 heavy (non-hydrogen) atoms. The molecule has 134 valence electrons. The molecule has 0 aliphatic heterocycles. The van der Waals surface area contributed by atoms with Crippen LogP contribution in [0.5, 0.6) is 0 Å². The zero-order valence-electron chi connectivity index (χ0n) is 13.8. The summed E-state index contributed by atoms with van der Waals surface area (Å²) in [5.74, 6) is 0.295. The van der Waals surface area contributed by atoms with Crippen LogP contribution in [0.15, 0.2) is 51.1 Å². The quantitative estimate of drug-likeness (QED) is 0.686. The Morgan fingerprint density at radius 1 is 1.12 bits per heavy atom. The predicted molar refractivity (Wildman–Crippen MR) is 96.0 cm³/mol. The molecule has 0 bridgehead atoms. The lowest BCUT2D eigenvalue weighted by atomic mass is 10.1. The van der Waals surface area contributed by atoms with Gasteiger partial charge in [-0.25, -0.2) is 0 Å². The van der Waals surface area contributed by atoms with E-state index in [0.717, 1.165) is 33.2 Å². The van der Waals surface area contributed by atoms with Crippen molar-refractivity contribution in [1.82, 2.24) is 0 Å². The molecule has 0 atom stereocenters. The Morgan fingerprint density at radius 2 is 1.84 bits per heavy atom. The number of carbonyl (C=O) groups is 1. The standard InChI is InChI=1S/C18H18F3NOS2/c1-3-24-14-4-5-16(11(2)6-14)25-15-8-12(9-17(22)23)7-13(10-15)18(19,20)21/h4-8,10H,3,9H2,1-2H3,(H2,22,23). The highest BCUT2D eigenvalue weighted by atomic mass is 32.2. The molecule has 2 N–H and O–H groups in total. The zero-order valence-corrected chi connectivity index (χ0v) is 15.4. The van der Waals surface area contributed by atoms with Gasteiger partial charge < -0.3 is 5.73 Å². The van der Waals surface area contributed by atoms with Gasteiger partial charge in [0.25, 0.3) is 0 Å². The second-order valence-corrected chi connectivity index (χ2v) is 7.92. The summed E-state index contributed by atoms with van der Waals surface area (Å²) in [6, 6.07) is 9.55. The highest BCUT2D eigenvalue weighted by molar-refractivity contribution is 7.99. The zero-order chi connectivity index (χ0) is 18.6. The number of hydrogen-bond donors (Lipinski definition) is 1. The Hall–Kier alpha value is -1.60. The summed E-state index contributed by atoms with van der Waals surface area (Å²) in [7, 11) is 0. The molecule has 0 aromatic heterocycles. The maximum Gasteiger partial charge on any atom is 0.416 e. The van der Waals surface area contributed by atoms with E-state index in [2.05, 4.69) is 6.92 Å². The van der Waals surface area contributed by atoms with Crippen molar-refractivity contribution >= 4 is 29.4 Å². The Labute approximate surface area is 153 Å². The van der Waals surface area contributed by atoms with Crippen LogP contribution in [0.3, 0.4) is 0 Å². The Bertz CT molecular complexity index is 775. The van der Waals surface area contributed by atoms with Crippen LogP contribution in [-0.4, -0.2) is 11.7 Å². The maximum absolute atomic E-state index is 13.1. The van der Waals surface area contributed by atoms with Gasteiger partial charge in [0.05, 0.1) is 12.0 Å². The molecule has 2 aromatic rings. The van der Waals surface area contributed by atoms with E-state index in [-0.39, 0.29) is 12.0 Å². The highest BCUT2D eigenvalue weighted by Crippen LogP contribution is 2.37. The van der Waals surface area contributed by atoms with E-state index in [9.17, 15) is 18.0 Å². The van der Waals surface area contributed by atoms with Crippen molar-refractivity contribution in [2.24, 2.45) is 5.73 Å². The molecule has 0 saturated heterocycles. The fraction of sp³-hybridized carbons (Fsp3) is 0.278. The van der Waals surface area contributed by atoms with E-state index in [0.29, 0.717) is 4.90 Å².